The highest BCUT2D eigenvalue weighted by Gasteiger charge is 2.31. The lowest BCUT2D eigenvalue weighted by Crippen LogP contribution is -2.17. The first kappa shape index (κ1) is 12.3. The fraction of sp³-hybridized carbons (Fsp3) is 0.0833. The zero-order valence-electron chi connectivity index (χ0n) is 8.88. The molecule has 1 aromatic carbocycles. The van der Waals surface area contributed by atoms with Crippen molar-refractivity contribution in [2.24, 2.45) is 0 Å². The zero-order chi connectivity index (χ0) is 13.3. The first-order valence-electron chi connectivity index (χ1n) is 4.94. The summed E-state index contributed by atoms with van der Waals surface area (Å²) in [5.74, 6) is -0.563. The summed E-state index contributed by atoms with van der Waals surface area (Å²) in [6.07, 6.45) is -4.61. The van der Waals surface area contributed by atoms with Gasteiger partial charge >= 0.3 is 6.18 Å². The highest BCUT2D eigenvalue weighted by atomic mass is 19.4. The highest BCUT2D eigenvalue weighted by Crippen LogP contribution is 2.27. The number of rotatable bonds is 1. The van der Waals surface area contributed by atoms with Gasteiger partial charge in [0.25, 0.3) is 5.56 Å². The van der Waals surface area contributed by atoms with Gasteiger partial charge < -0.3 is 4.98 Å². The Morgan fingerprint density at radius 2 is 1.78 bits per heavy atom. The molecule has 2 aromatic rings. The summed E-state index contributed by atoms with van der Waals surface area (Å²) >= 11 is 0. The molecule has 1 aromatic heterocycles. The molecular weight excluding hydrogens is 250 g/mol. The molecule has 0 saturated carbocycles. The minimum atomic E-state index is -4.61. The first-order valence-corrected chi connectivity index (χ1v) is 4.94. The normalized spacial score (nSPS) is 11.6. The predicted molar refractivity (Wildman–Crippen MR) is 57.5 cm³/mol. The average molecular weight is 257 g/mol. The Bertz CT molecular complexity index is 630. The monoisotopic (exact) mass is 257 g/mol. The molecule has 0 fully saturated rings. The van der Waals surface area contributed by atoms with Crippen LogP contribution in [0.5, 0.6) is 0 Å². The van der Waals surface area contributed by atoms with Gasteiger partial charge in [0.05, 0.1) is 0 Å². The van der Waals surface area contributed by atoms with E-state index in [1.54, 1.807) is 4.98 Å². The van der Waals surface area contributed by atoms with Crippen molar-refractivity contribution in [3.8, 4) is 11.1 Å². The summed E-state index contributed by atoms with van der Waals surface area (Å²) < 4.78 is 50.0. The fourth-order valence-corrected chi connectivity index (χ4v) is 1.52. The van der Waals surface area contributed by atoms with Crippen molar-refractivity contribution in [3.05, 3.63) is 58.3 Å². The summed E-state index contributed by atoms with van der Waals surface area (Å²) in [5.41, 5.74) is -1.82. The quantitative estimate of drug-likeness (QED) is 0.782. The van der Waals surface area contributed by atoms with Gasteiger partial charge in [-0.1, -0.05) is 12.1 Å². The number of aromatic nitrogens is 1. The van der Waals surface area contributed by atoms with E-state index in [-0.39, 0.29) is 11.1 Å². The summed E-state index contributed by atoms with van der Waals surface area (Å²) in [5, 5.41) is 0. The van der Waals surface area contributed by atoms with E-state index in [9.17, 15) is 22.4 Å². The molecule has 0 saturated heterocycles. The number of halogens is 4. The summed E-state index contributed by atoms with van der Waals surface area (Å²) in [6.45, 7) is 0. The Hall–Kier alpha value is -2.11. The Balaban J connectivity index is 2.52. The Kier molecular flexibility index (Phi) is 2.94. The molecule has 6 heteroatoms. The third kappa shape index (κ3) is 2.42. The minimum Gasteiger partial charge on any atom is -0.318 e. The van der Waals surface area contributed by atoms with Crippen molar-refractivity contribution in [2.75, 3.05) is 0 Å². The molecule has 1 N–H and O–H groups in total. The molecule has 2 nitrogen and oxygen atoms in total. The molecule has 0 bridgehead atoms. The van der Waals surface area contributed by atoms with Crippen LogP contribution in [0.25, 0.3) is 11.1 Å². The van der Waals surface area contributed by atoms with Gasteiger partial charge in [-0.25, -0.2) is 4.39 Å². The van der Waals surface area contributed by atoms with Crippen LogP contribution in [0, 0.1) is 5.82 Å². The molecule has 0 aliphatic carbocycles. The van der Waals surface area contributed by atoms with Crippen molar-refractivity contribution >= 4 is 0 Å². The van der Waals surface area contributed by atoms with Crippen LogP contribution in [0.4, 0.5) is 17.6 Å². The maximum Gasteiger partial charge on any atom is 0.431 e. The van der Waals surface area contributed by atoms with Crippen molar-refractivity contribution in [3.63, 3.8) is 0 Å². The van der Waals surface area contributed by atoms with E-state index in [0.717, 1.165) is 18.2 Å². The van der Waals surface area contributed by atoms with Crippen LogP contribution in [-0.2, 0) is 6.18 Å². The molecule has 94 valence electrons. The van der Waals surface area contributed by atoms with Crippen LogP contribution in [0.3, 0.4) is 0 Å². The third-order valence-corrected chi connectivity index (χ3v) is 2.35. The van der Waals surface area contributed by atoms with Gasteiger partial charge in [-0.2, -0.15) is 13.2 Å². The van der Waals surface area contributed by atoms with Gasteiger partial charge in [-0.15, -0.1) is 0 Å². The van der Waals surface area contributed by atoms with Crippen molar-refractivity contribution in [2.45, 2.75) is 6.18 Å². The van der Waals surface area contributed by atoms with E-state index >= 15 is 0 Å². The maximum atomic E-state index is 13.0. The molecule has 0 aliphatic heterocycles. The maximum absolute atomic E-state index is 13.0. The van der Waals surface area contributed by atoms with Gasteiger partial charge in [0.2, 0.25) is 0 Å². The number of hydrogen-bond donors (Lipinski definition) is 1. The number of nitrogens with one attached hydrogen (secondary N) is 1. The molecule has 0 amide bonds. The van der Waals surface area contributed by atoms with Gasteiger partial charge in [0.15, 0.2) is 0 Å². The van der Waals surface area contributed by atoms with Crippen LogP contribution < -0.4 is 5.56 Å². The number of alkyl halides is 3. The molecule has 0 atom stereocenters. The molecule has 0 radical (unpaired) electrons. The molecule has 18 heavy (non-hydrogen) atoms. The number of H-pyrrole nitrogens is 1. The molecule has 1 heterocycles. The second-order valence-electron chi connectivity index (χ2n) is 3.62. The van der Waals surface area contributed by atoms with Crippen molar-refractivity contribution in [1.82, 2.24) is 4.98 Å². The Labute approximate surface area is 98.9 Å². The van der Waals surface area contributed by atoms with Crippen LogP contribution in [-0.4, -0.2) is 4.98 Å². The first-order chi connectivity index (χ1) is 8.38. The molecule has 0 aliphatic rings. The Morgan fingerprint density at radius 3 is 2.33 bits per heavy atom. The van der Waals surface area contributed by atoms with Gasteiger partial charge in [0.1, 0.15) is 11.5 Å². The molecule has 0 unspecified atom stereocenters. The lowest BCUT2D eigenvalue weighted by atomic mass is 10.1. The summed E-state index contributed by atoms with van der Waals surface area (Å²) in [4.78, 5) is 13.3. The third-order valence-electron chi connectivity index (χ3n) is 2.35. The standard InChI is InChI=1S/C12H7F4NO/c13-8-3-1-2-7(6-8)9-4-5-10(12(14,15)16)17-11(9)18/h1-6H,(H,17,18). The summed E-state index contributed by atoms with van der Waals surface area (Å²) in [6, 6.07) is 6.86. The second-order valence-corrected chi connectivity index (χ2v) is 3.62. The van der Waals surface area contributed by atoms with E-state index in [1.807, 2.05) is 0 Å². The number of aromatic amines is 1. The van der Waals surface area contributed by atoms with E-state index in [0.29, 0.717) is 0 Å². The van der Waals surface area contributed by atoms with Crippen molar-refractivity contribution < 1.29 is 17.6 Å². The van der Waals surface area contributed by atoms with Crippen LogP contribution in [0.15, 0.2) is 41.2 Å². The lowest BCUT2D eigenvalue weighted by Gasteiger charge is -2.07. The van der Waals surface area contributed by atoms with Gasteiger partial charge in [-0.3, -0.25) is 4.79 Å². The van der Waals surface area contributed by atoms with Crippen molar-refractivity contribution in [1.29, 1.82) is 0 Å². The lowest BCUT2D eigenvalue weighted by molar-refractivity contribution is -0.141. The SMILES string of the molecule is O=c1[nH]c(C(F)(F)F)ccc1-c1cccc(F)c1. The molecule has 2 rings (SSSR count). The second kappa shape index (κ2) is 4.29. The van der Waals surface area contributed by atoms with E-state index in [4.69, 9.17) is 0 Å². The van der Waals surface area contributed by atoms with E-state index in [1.165, 1.54) is 18.2 Å². The Morgan fingerprint density at radius 1 is 1.06 bits per heavy atom. The van der Waals surface area contributed by atoms with E-state index < -0.39 is 23.2 Å². The smallest absolute Gasteiger partial charge is 0.318 e. The fourth-order valence-electron chi connectivity index (χ4n) is 1.52. The van der Waals surface area contributed by atoms with Crippen LogP contribution >= 0.6 is 0 Å². The van der Waals surface area contributed by atoms with Crippen LogP contribution in [0.2, 0.25) is 0 Å². The zero-order valence-corrected chi connectivity index (χ0v) is 8.88. The number of benzene rings is 1. The average Bonchev–Trinajstić information content (AvgIpc) is 2.27. The van der Waals surface area contributed by atoms with Gasteiger partial charge in [-0.05, 0) is 29.8 Å². The van der Waals surface area contributed by atoms with Crippen LogP contribution in [0.1, 0.15) is 5.69 Å². The highest BCUT2D eigenvalue weighted by molar-refractivity contribution is 5.62. The largest absolute Gasteiger partial charge is 0.431 e. The van der Waals surface area contributed by atoms with Gasteiger partial charge in [0, 0.05) is 5.56 Å². The predicted octanol–water partition coefficient (Wildman–Crippen LogP) is 3.20. The topological polar surface area (TPSA) is 32.9 Å². The number of pyridine rings is 1. The summed E-state index contributed by atoms with van der Waals surface area (Å²) in [7, 11) is 0. The minimum absolute atomic E-state index is 0.0116. The molecule has 0 spiro atoms. The van der Waals surface area contributed by atoms with E-state index in [2.05, 4.69) is 0 Å². The number of hydrogen-bond acceptors (Lipinski definition) is 1. The molecular formula is C12H7F4NO.